The standard InChI is InChI=1S/C22H30Cl2O3S/c1-2-3-4-5-6-7-8-9-10-13-16-27-28(25,26)21-17-20(23)18-14-11-12-15-19(18)22(21)24/h11-12,14-15,17H,2-10,13,16H2,1H3. The van der Waals surface area contributed by atoms with Gasteiger partial charge in [-0.25, -0.2) is 0 Å². The van der Waals surface area contributed by atoms with Crippen molar-refractivity contribution in [3.8, 4) is 0 Å². The number of unbranched alkanes of at least 4 members (excludes halogenated alkanes) is 9. The van der Waals surface area contributed by atoms with Crippen molar-refractivity contribution in [1.82, 2.24) is 0 Å². The van der Waals surface area contributed by atoms with Crippen molar-refractivity contribution in [2.45, 2.75) is 76.0 Å². The van der Waals surface area contributed by atoms with E-state index in [9.17, 15) is 8.42 Å². The second-order valence-electron chi connectivity index (χ2n) is 7.17. The Morgan fingerprint density at radius 3 is 1.96 bits per heavy atom. The molecule has 0 aromatic heterocycles. The van der Waals surface area contributed by atoms with Gasteiger partial charge in [-0.3, -0.25) is 4.18 Å². The lowest BCUT2D eigenvalue weighted by molar-refractivity contribution is 0.306. The Hall–Kier alpha value is -0.810. The second kappa shape index (κ2) is 12.0. The Labute approximate surface area is 179 Å². The summed E-state index contributed by atoms with van der Waals surface area (Å²) in [7, 11) is -3.93. The molecule has 0 heterocycles. The van der Waals surface area contributed by atoms with Gasteiger partial charge in [0.05, 0.1) is 11.6 Å². The van der Waals surface area contributed by atoms with E-state index in [-0.39, 0.29) is 16.5 Å². The van der Waals surface area contributed by atoms with Gasteiger partial charge in [0.2, 0.25) is 0 Å². The first-order valence-corrected chi connectivity index (χ1v) is 12.4. The lowest BCUT2D eigenvalue weighted by Gasteiger charge is -2.11. The molecule has 0 aliphatic heterocycles. The predicted octanol–water partition coefficient (Wildman–Crippen LogP) is 7.77. The largest absolute Gasteiger partial charge is 0.298 e. The molecule has 0 aliphatic rings. The molecule has 0 saturated heterocycles. The van der Waals surface area contributed by atoms with Gasteiger partial charge in [-0.2, -0.15) is 8.42 Å². The Morgan fingerprint density at radius 2 is 1.36 bits per heavy atom. The molecule has 0 fully saturated rings. The Bertz CT molecular complexity index is 850. The normalized spacial score (nSPS) is 12.0. The topological polar surface area (TPSA) is 43.4 Å². The first-order chi connectivity index (χ1) is 13.5. The van der Waals surface area contributed by atoms with Crippen LogP contribution in [0.5, 0.6) is 0 Å². The van der Waals surface area contributed by atoms with Gasteiger partial charge in [0.1, 0.15) is 4.90 Å². The van der Waals surface area contributed by atoms with Crippen molar-refractivity contribution in [2.75, 3.05) is 6.61 Å². The van der Waals surface area contributed by atoms with Gasteiger partial charge in [0.15, 0.2) is 0 Å². The zero-order chi connectivity index (χ0) is 20.4. The smallest absolute Gasteiger partial charge is 0.266 e. The number of hydrogen-bond donors (Lipinski definition) is 0. The number of hydrogen-bond acceptors (Lipinski definition) is 3. The molecule has 3 nitrogen and oxygen atoms in total. The molecular weight excluding hydrogens is 415 g/mol. The van der Waals surface area contributed by atoms with Crippen molar-refractivity contribution in [1.29, 1.82) is 0 Å². The van der Waals surface area contributed by atoms with Gasteiger partial charge in [-0.1, -0.05) is 112 Å². The highest BCUT2D eigenvalue weighted by Crippen LogP contribution is 2.36. The molecule has 0 unspecified atom stereocenters. The fourth-order valence-electron chi connectivity index (χ4n) is 3.28. The third-order valence-corrected chi connectivity index (χ3v) is 7.07. The molecule has 0 amide bonds. The van der Waals surface area contributed by atoms with Crippen LogP contribution in [0.15, 0.2) is 35.2 Å². The van der Waals surface area contributed by atoms with Crippen LogP contribution in [0.4, 0.5) is 0 Å². The predicted molar refractivity (Wildman–Crippen MR) is 119 cm³/mol. The molecule has 0 bridgehead atoms. The van der Waals surface area contributed by atoms with Crippen LogP contribution in [0.3, 0.4) is 0 Å². The van der Waals surface area contributed by atoms with Crippen molar-refractivity contribution in [3.63, 3.8) is 0 Å². The molecule has 28 heavy (non-hydrogen) atoms. The lowest BCUT2D eigenvalue weighted by atomic mass is 10.1. The summed E-state index contributed by atoms with van der Waals surface area (Å²) in [4.78, 5) is -0.0649. The molecule has 0 N–H and O–H groups in total. The van der Waals surface area contributed by atoms with E-state index in [0.717, 1.165) is 18.2 Å². The van der Waals surface area contributed by atoms with Gasteiger partial charge in [0, 0.05) is 15.8 Å². The van der Waals surface area contributed by atoms with E-state index in [1.807, 2.05) is 12.1 Å². The third-order valence-electron chi connectivity index (χ3n) is 4.90. The monoisotopic (exact) mass is 444 g/mol. The van der Waals surface area contributed by atoms with Gasteiger partial charge in [-0.15, -0.1) is 0 Å². The SMILES string of the molecule is CCCCCCCCCCCCOS(=O)(=O)c1cc(Cl)c2ccccc2c1Cl. The molecule has 0 atom stereocenters. The zero-order valence-corrected chi connectivity index (χ0v) is 18.9. The molecule has 2 aromatic carbocycles. The summed E-state index contributed by atoms with van der Waals surface area (Å²) in [5.74, 6) is 0. The van der Waals surface area contributed by atoms with E-state index < -0.39 is 10.1 Å². The number of fused-ring (bicyclic) bond motifs is 1. The van der Waals surface area contributed by atoms with Crippen LogP contribution in [0.1, 0.15) is 71.1 Å². The highest BCUT2D eigenvalue weighted by atomic mass is 35.5. The molecule has 0 radical (unpaired) electrons. The first kappa shape index (κ1) is 23.5. The minimum atomic E-state index is -3.93. The van der Waals surface area contributed by atoms with Crippen molar-refractivity contribution < 1.29 is 12.6 Å². The summed E-state index contributed by atoms with van der Waals surface area (Å²) in [6.07, 6.45) is 11.8. The van der Waals surface area contributed by atoms with E-state index in [0.29, 0.717) is 16.8 Å². The minimum absolute atomic E-state index is 0.0649. The van der Waals surface area contributed by atoms with Gasteiger partial charge >= 0.3 is 0 Å². The van der Waals surface area contributed by atoms with Crippen LogP contribution in [-0.4, -0.2) is 15.0 Å². The zero-order valence-electron chi connectivity index (χ0n) is 16.6. The van der Waals surface area contributed by atoms with E-state index >= 15 is 0 Å². The maximum absolute atomic E-state index is 12.5. The van der Waals surface area contributed by atoms with Crippen LogP contribution in [-0.2, 0) is 14.3 Å². The Kier molecular flexibility index (Phi) is 10.1. The van der Waals surface area contributed by atoms with Gasteiger partial charge < -0.3 is 0 Å². The van der Waals surface area contributed by atoms with Crippen LogP contribution in [0, 0.1) is 0 Å². The minimum Gasteiger partial charge on any atom is -0.266 e. The molecule has 0 spiro atoms. The van der Waals surface area contributed by atoms with E-state index in [1.165, 1.54) is 51.0 Å². The summed E-state index contributed by atoms with van der Waals surface area (Å²) in [6, 6.07) is 8.57. The number of benzene rings is 2. The van der Waals surface area contributed by atoms with Crippen LogP contribution in [0.2, 0.25) is 10.0 Å². The molecule has 2 aromatic rings. The summed E-state index contributed by atoms with van der Waals surface area (Å²) in [5, 5.41) is 1.84. The molecule has 156 valence electrons. The molecular formula is C22H30Cl2O3S. The second-order valence-corrected chi connectivity index (χ2v) is 9.54. The number of halogens is 2. The average molecular weight is 445 g/mol. The van der Waals surface area contributed by atoms with Gasteiger partial charge in [-0.05, 0) is 12.5 Å². The van der Waals surface area contributed by atoms with Crippen molar-refractivity contribution >= 4 is 44.1 Å². The summed E-state index contributed by atoms with van der Waals surface area (Å²) in [6.45, 7) is 2.39. The average Bonchev–Trinajstić information content (AvgIpc) is 2.69. The highest BCUT2D eigenvalue weighted by molar-refractivity contribution is 7.87. The van der Waals surface area contributed by atoms with E-state index in [2.05, 4.69) is 6.92 Å². The lowest BCUT2D eigenvalue weighted by Crippen LogP contribution is -2.08. The molecule has 0 aliphatic carbocycles. The third kappa shape index (κ3) is 6.91. The maximum Gasteiger partial charge on any atom is 0.298 e. The van der Waals surface area contributed by atoms with Crippen molar-refractivity contribution in [2.24, 2.45) is 0 Å². The van der Waals surface area contributed by atoms with E-state index in [4.69, 9.17) is 27.4 Å². The van der Waals surface area contributed by atoms with Crippen LogP contribution < -0.4 is 0 Å². The summed E-state index contributed by atoms with van der Waals surface area (Å²) in [5.41, 5.74) is 0. The van der Waals surface area contributed by atoms with Crippen molar-refractivity contribution in [3.05, 3.63) is 40.4 Å². The highest BCUT2D eigenvalue weighted by Gasteiger charge is 2.22. The van der Waals surface area contributed by atoms with Crippen LogP contribution in [0.25, 0.3) is 10.8 Å². The van der Waals surface area contributed by atoms with Gasteiger partial charge in [0.25, 0.3) is 10.1 Å². The molecule has 0 saturated carbocycles. The van der Waals surface area contributed by atoms with E-state index in [1.54, 1.807) is 12.1 Å². The fraction of sp³-hybridized carbons (Fsp3) is 0.545. The molecule has 6 heteroatoms. The Balaban J connectivity index is 1.77. The summed E-state index contributed by atoms with van der Waals surface area (Å²) >= 11 is 12.6. The Morgan fingerprint density at radius 1 is 0.821 bits per heavy atom. The fourth-order valence-corrected chi connectivity index (χ4v) is 5.17. The van der Waals surface area contributed by atoms with Crippen LogP contribution >= 0.6 is 23.2 Å². The molecule has 2 rings (SSSR count). The summed E-state index contributed by atoms with van der Waals surface area (Å²) < 4.78 is 30.3. The first-order valence-electron chi connectivity index (χ1n) is 10.2. The quantitative estimate of drug-likeness (QED) is 0.234. The maximum atomic E-state index is 12.5. The number of rotatable bonds is 13.